The van der Waals surface area contributed by atoms with Crippen LogP contribution >= 0.6 is 0 Å². The molecule has 3 heterocycles. The van der Waals surface area contributed by atoms with Crippen molar-refractivity contribution in [1.82, 2.24) is 20.2 Å². The molecule has 8 heteroatoms. The number of aromatic nitrogens is 4. The van der Waals surface area contributed by atoms with Crippen molar-refractivity contribution < 1.29 is 14.9 Å². The Bertz CT molecular complexity index is 1030. The van der Waals surface area contributed by atoms with Crippen LogP contribution in [0.3, 0.4) is 0 Å². The van der Waals surface area contributed by atoms with E-state index >= 15 is 0 Å². The standard InChI is InChI=1S/C20H23N5O3/c1-11-19(27)16(26)9-25(11)17-8-15(21-10-22-17)18-13-7-12(28-20(2)5-6-20)3-4-14(13)23-24-18/h3-4,7-8,10-11,16,19,26-27H,5-6,9H2,1-2H3,(H,23,24)/t11?,16-,19-/m0/s1. The number of fused-ring (bicyclic) bond motifs is 1. The maximum atomic E-state index is 10.1. The van der Waals surface area contributed by atoms with E-state index in [0.717, 1.165) is 35.2 Å². The van der Waals surface area contributed by atoms with Gasteiger partial charge in [0.05, 0.1) is 23.4 Å². The second kappa shape index (κ2) is 6.15. The number of H-pyrrole nitrogens is 1. The van der Waals surface area contributed by atoms with E-state index in [1.54, 1.807) is 0 Å². The largest absolute Gasteiger partial charge is 0.488 e. The van der Waals surface area contributed by atoms with Crippen molar-refractivity contribution in [2.45, 2.75) is 50.5 Å². The lowest BCUT2D eigenvalue weighted by molar-refractivity contribution is 0.0438. The number of rotatable bonds is 4. The van der Waals surface area contributed by atoms with Gasteiger partial charge in [-0.3, -0.25) is 5.10 Å². The lowest BCUT2D eigenvalue weighted by Crippen LogP contribution is -2.33. The van der Waals surface area contributed by atoms with Gasteiger partial charge in [0.15, 0.2) is 0 Å². The number of aromatic amines is 1. The van der Waals surface area contributed by atoms with Crippen molar-refractivity contribution in [2.75, 3.05) is 11.4 Å². The van der Waals surface area contributed by atoms with Crippen LogP contribution in [0.25, 0.3) is 22.3 Å². The smallest absolute Gasteiger partial charge is 0.133 e. The summed E-state index contributed by atoms with van der Waals surface area (Å²) in [4.78, 5) is 10.6. The van der Waals surface area contributed by atoms with E-state index in [2.05, 4.69) is 27.1 Å². The summed E-state index contributed by atoms with van der Waals surface area (Å²) in [6.07, 6.45) is 2.05. The monoisotopic (exact) mass is 381 g/mol. The van der Waals surface area contributed by atoms with Crippen LogP contribution in [-0.2, 0) is 0 Å². The summed E-state index contributed by atoms with van der Waals surface area (Å²) in [5.41, 5.74) is 2.25. The Balaban J connectivity index is 1.51. The summed E-state index contributed by atoms with van der Waals surface area (Å²) in [6, 6.07) is 7.52. The second-order valence-corrected chi connectivity index (χ2v) is 8.04. The fraction of sp³-hybridized carbons (Fsp3) is 0.450. The van der Waals surface area contributed by atoms with Crippen LogP contribution in [0.5, 0.6) is 5.75 Å². The highest BCUT2D eigenvalue weighted by Gasteiger charge is 2.40. The lowest BCUT2D eigenvalue weighted by Gasteiger charge is -2.23. The number of aliphatic hydroxyl groups excluding tert-OH is 2. The van der Waals surface area contributed by atoms with Crippen molar-refractivity contribution in [2.24, 2.45) is 0 Å². The van der Waals surface area contributed by atoms with E-state index in [4.69, 9.17) is 4.74 Å². The Morgan fingerprint density at radius 2 is 2.04 bits per heavy atom. The predicted molar refractivity (Wildman–Crippen MR) is 104 cm³/mol. The molecule has 1 saturated carbocycles. The molecule has 5 rings (SSSR count). The zero-order valence-corrected chi connectivity index (χ0v) is 15.8. The van der Waals surface area contributed by atoms with E-state index in [0.29, 0.717) is 18.1 Å². The van der Waals surface area contributed by atoms with Gasteiger partial charge in [-0.05, 0) is 44.9 Å². The minimum Gasteiger partial charge on any atom is -0.488 e. The molecule has 1 aliphatic heterocycles. The number of benzene rings is 1. The molecule has 28 heavy (non-hydrogen) atoms. The summed E-state index contributed by atoms with van der Waals surface area (Å²) >= 11 is 0. The number of nitrogens with one attached hydrogen (secondary N) is 1. The van der Waals surface area contributed by atoms with Gasteiger partial charge >= 0.3 is 0 Å². The van der Waals surface area contributed by atoms with Crippen LogP contribution in [-0.4, -0.2) is 60.8 Å². The number of nitrogens with zero attached hydrogens (tertiary/aromatic N) is 4. The van der Waals surface area contributed by atoms with Crippen molar-refractivity contribution in [3.05, 3.63) is 30.6 Å². The Hall–Kier alpha value is -2.71. The van der Waals surface area contributed by atoms with Crippen LogP contribution in [0.2, 0.25) is 0 Å². The first-order chi connectivity index (χ1) is 13.4. The molecule has 1 aliphatic carbocycles. The van der Waals surface area contributed by atoms with Gasteiger partial charge in [0.25, 0.3) is 0 Å². The Kier molecular flexibility index (Phi) is 3.82. The zero-order chi connectivity index (χ0) is 19.5. The van der Waals surface area contributed by atoms with E-state index in [1.807, 2.05) is 36.1 Å². The first-order valence-corrected chi connectivity index (χ1v) is 9.56. The molecular formula is C20H23N5O3. The highest BCUT2D eigenvalue weighted by molar-refractivity contribution is 5.93. The SMILES string of the molecule is CC1[C@H](O)[C@@H](O)CN1c1cc(-c2n[nH]c3ccc(OC4(C)CC4)cc23)ncn1. The van der Waals surface area contributed by atoms with Crippen LogP contribution in [0.15, 0.2) is 30.6 Å². The summed E-state index contributed by atoms with van der Waals surface area (Å²) in [7, 11) is 0. The maximum Gasteiger partial charge on any atom is 0.133 e. The molecule has 0 radical (unpaired) electrons. The van der Waals surface area contributed by atoms with Gasteiger partial charge < -0.3 is 19.8 Å². The van der Waals surface area contributed by atoms with Crippen molar-refractivity contribution in [1.29, 1.82) is 0 Å². The van der Waals surface area contributed by atoms with Gasteiger partial charge in [-0.2, -0.15) is 5.10 Å². The molecule has 2 aromatic heterocycles. The van der Waals surface area contributed by atoms with E-state index in [1.165, 1.54) is 6.33 Å². The summed E-state index contributed by atoms with van der Waals surface area (Å²) in [6.45, 7) is 4.32. The van der Waals surface area contributed by atoms with Gasteiger partial charge in [0.2, 0.25) is 0 Å². The van der Waals surface area contributed by atoms with Crippen LogP contribution in [0.1, 0.15) is 26.7 Å². The Labute approximate surface area is 162 Å². The topological polar surface area (TPSA) is 107 Å². The average molecular weight is 381 g/mol. The number of hydrogen-bond acceptors (Lipinski definition) is 7. The molecule has 1 unspecified atom stereocenters. The van der Waals surface area contributed by atoms with Crippen molar-refractivity contribution in [3.8, 4) is 17.1 Å². The summed E-state index contributed by atoms with van der Waals surface area (Å²) < 4.78 is 6.09. The fourth-order valence-electron chi connectivity index (χ4n) is 3.73. The first kappa shape index (κ1) is 17.4. The second-order valence-electron chi connectivity index (χ2n) is 8.04. The van der Waals surface area contributed by atoms with Gasteiger partial charge in [-0.1, -0.05) is 0 Å². The molecule has 3 N–H and O–H groups in total. The number of anilines is 1. The molecule has 1 aromatic carbocycles. The molecule has 0 spiro atoms. The molecular weight excluding hydrogens is 358 g/mol. The zero-order valence-electron chi connectivity index (χ0n) is 15.8. The predicted octanol–water partition coefficient (Wildman–Crippen LogP) is 1.88. The summed E-state index contributed by atoms with van der Waals surface area (Å²) in [5.74, 6) is 1.48. The minimum absolute atomic E-state index is 0.0484. The van der Waals surface area contributed by atoms with E-state index in [-0.39, 0.29) is 11.6 Å². The maximum absolute atomic E-state index is 10.1. The molecule has 2 fully saturated rings. The quantitative estimate of drug-likeness (QED) is 0.633. The Morgan fingerprint density at radius 3 is 2.75 bits per heavy atom. The number of β-amino-alcohol motifs (C(OH)–C–C–N with tert-alkyl or cyclic N) is 1. The molecule has 0 amide bonds. The first-order valence-electron chi connectivity index (χ1n) is 9.56. The highest BCUT2D eigenvalue weighted by Crippen LogP contribution is 2.40. The van der Waals surface area contributed by atoms with Crippen molar-refractivity contribution in [3.63, 3.8) is 0 Å². The molecule has 1 saturated heterocycles. The van der Waals surface area contributed by atoms with Crippen molar-refractivity contribution >= 4 is 16.7 Å². The molecule has 8 nitrogen and oxygen atoms in total. The van der Waals surface area contributed by atoms with E-state index in [9.17, 15) is 10.2 Å². The van der Waals surface area contributed by atoms with Gasteiger partial charge in [-0.15, -0.1) is 0 Å². The van der Waals surface area contributed by atoms with Crippen LogP contribution < -0.4 is 9.64 Å². The molecule has 3 aromatic rings. The third-order valence-corrected chi connectivity index (χ3v) is 5.81. The lowest BCUT2D eigenvalue weighted by atomic mass is 10.1. The third kappa shape index (κ3) is 2.89. The van der Waals surface area contributed by atoms with Crippen LogP contribution in [0, 0.1) is 0 Å². The molecule has 2 aliphatic rings. The fourth-order valence-corrected chi connectivity index (χ4v) is 3.73. The summed E-state index contributed by atoms with van der Waals surface area (Å²) in [5, 5.41) is 28.4. The van der Waals surface area contributed by atoms with Gasteiger partial charge in [-0.25, -0.2) is 9.97 Å². The molecule has 3 atom stereocenters. The highest BCUT2D eigenvalue weighted by atomic mass is 16.5. The minimum atomic E-state index is -0.798. The molecule has 146 valence electrons. The van der Waals surface area contributed by atoms with Crippen LogP contribution in [0.4, 0.5) is 5.82 Å². The number of hydrogen-bond donors (Lipinski definition) is 3. The Morgan fingerprint density at radius 1 is 1.21 bits per heavy atom. The number of aliphatic hydroxyl groups is 2. The average Bonchev–Trinajstić information content (AvgIpc) is 3.17. The van der Waals surface area contributed by atoms with Gasteiger partial charge in [0, 0.05) is 18.0 Å². The molecule has 0 bridgehead atoms. The number of ether oxygens (including phenoxy) is 1. The van der Waals surface area contributed by atoms with Gasteiger partial charge in [0.1, 0.15) is 35.3 Å². The normalized spacial score (nSPS) is 26.0. The van der Waals surface area contributed by atoms with E-state index < -0.39 is 12.2 Å². The third-order valence-electron chi connectivity index (χ3n) is 5.81.